The zero-order chi connectivity index (χ0) is 18.4. The normalized spacial score (nSPS) is 12.8. The molecule has 1 N–H and O–H groups in total. The molecule has 3 rings (SSSR count). The first kappa shape index (κ1) is 17.8. The molecule has 0 saturated heterocycles. The molecular weight excluding hydrogens is 337 g/mol. The van der Waals surface area contributed by atoms with Crippen LogP contribution in [0.3, 0.4) is 0 Å². The average molecular weight is 359 g/mol. The minimum atomic E-state index is -0.240. The molecule has 0 spiro atoms. The van der Waals surface area contributed by atoms with Gasteiger partial charge < -0.3 is 24.4 Å². The molecule has 0 atom stereocenters. The zero-order valence-corrected chi connectivity index (χ0v) is 14.9. The summed E-state index contributed by atoms with van der Waals surface area (Å²) in [6, 6.07) is 12.0. The molecule has 0 saturated carbocycles. The second kappa shape index (κ2) is 8.42. The van der Waals surface area contributed by atoms with E-state index in [-0.39, 0.29) is 12.6 Å². The van der Waals surface area contributed by atoms with Crippen molar-refractivity contribution in [3.8, 4) is 17.2 Å². The molecule has 2 aromatic rings. The molecule has 0 aliphatic carbocycles. The summed E-state index contributed by atoms with van der Waals surface area (Å²) in [7, 11) is 3.61. The number of hydrogen-bond acceptors (Lipinski definition) is 4. The predicted molar refractivity (Wildman–Crippen MR) is 97.3 cm³/mol. The van der Waals surface area contributed by atoms with E-state index in [0.717, 1.165) is 17.1 Å². The van der Waals surface area contributed by atoms with Crippen molar-refractivity contribution in [2.24, 2.45) is 4.99 Å². The number of fused-ring (bicyclic) bond motifs is 1. The van der Waals surface area contributed by atoms with Gasteiger partial charge in [0, 0.05) is 26.7 Å². The number of rotatable bonds is 6. The summed E-state index contributed by atoms with van der Waals surface area (Å²) in [5.41, 5.74) is 0.882. The number of ether oxygens (including phenoxy) is 3. The van der Waals surface area contributed by atoms with E-state index in [1.165, 1.54) is 12.1 Å². The highest BCUT2D eigenvalue weighted by Gasteiger charge is 2.13. The molecule has 0 unspecified atom stereocenters. The topological polar surface area (TPSA) is 55.3 Å². The summed E-state index contributed by atoms with van der Waals surface area (Å²) in [6.07, 6.45) is 0. The first-order valence-corrected chi connectivity index (χ1v) is 8.34. The van der Waals surface area contributed by atoms with Gasteiger partial charge in [0.1, 0.15) is 18.2 Å². The fourth-order valence-electron chi connectivity index (χ4n) is 2.67. The Hall–Kier alpha value is -2.96. The van der Waals surface area contributed by atoms with E-state index < -0.39 is 0 Å². The molecule has 2 aromatic carbocycles. The predicted octanol–water partition coefficient (Wildman–Crippen LogP) is 2.64. The van der Waals surface area contributed by atoms with Crippen LogP contribution in [0.4, 0.5) is 4.39 Å². The van der Waals surface area contributed by atoms with Gasteiger partial charge in [0.15, 0.2) is 17.5 Å². The molecule has 0 bridgehead atoms. The Bertz CT molecular complexity index is 782. The second-order valence-electron chi connectivity index (χ2n) is 5.82. The maximum atomic E-state index is 13.3. The van der Waals surface area contributed by atoms with Crippen molar-refractivity contribution < 1.29 is 18.6 Å². The van der Waals surface area contributed by atoms with E-state index in [1.54, 1.807) is 13.1 Å². The van der Waals surface area contributed by atoms with Crippen LogP contribution in [0, 0.1) is 5.82 Å². The first-order chi connectivity index (χ1) is 12.7. The van der Waals surface area contributed by atoms with Crippen LogP contribution in [0.5, 0.6) is 17.2 Å². The number of nitrogens with one attached hydrogen (secondary N) is 1. The molecule has 7 heteroatoms. The highest BCUT2D eigenvalue weighted by molar-refractivity contribution is 5.79. The van der Waals surface area contributed by atoms with Gasteiger partial charge in [-0.25, -0.2) is 4.39 Å². The molecule has 1 aliphatic rings. The van der Waals surface area contributed by atoms with E-state index in [1.807, 2.05) is 36.2 Å². The number of guanidine groups is 1. The quantitative estimate of drug-likeness (QED) is 0.488. The molecule has 26 heavy (non-hydrogen) atoms. The van der Waals surface area contributed by atoms with Crippen LogP contribution in [-0.4, -0.2) is 44.9 Å². The minimum Gasteiger partial charge on any atom is -0.492 e. The van der Waals surface area contributed by atoms with Crippen molar-refractivity contribution in [1.82, 2.24) is 10.2 Å². The number of halogens is 1. The molecule has 0 fully saturated rings. The van der Waals surface area contributed by atoms with E-state index in [9.17, 15) is 4.39 Å². The average Bonchev–Trinajstić information content (AvgIpc) is 3.09. The summed E-state index contributed by atoms with van der Waals surface area (Å²) < 4.78 is 29.6. The van der Waals surface area contributed by atoms with E-state index in [4.69, 9.17) is 14.2 Å². The van der Waals surface area contributed by atoms with Crippen LogP contribution in [0.25, 0.3) is 0 Å². The third-order valence-electron chi connectivity index (χ3n) is 3.88. The lowest BCUT2D eigenvalue weighted by atomic mass is 10.2. The lowest BCUT2D eigenvalue weighted by molar-refractivity contribution is 0.173. The molecule has 0 aromatic heterocycles. The Morgan fingerprint density at radius 2 is 2.08 bits per heavy atom. The van der Waals surface area contributed by atoms with Crippen LogP contribution >= 0.6 is 0 Å². The standard InChI is InChI=1S/C19H22FN3O3/c1-21-19(23(2)12-14-4-3-5-15(20)10-14)22-8-9-24-16-6-7-17-18(11-16)26-13-25-17/h3-7,10-11H,8-9,12-13H2,1-2H3,(H,21,22). The SMILES string of the molecule is CN=C(NCCOc1ccc2c(c1)OCO2)N(C)Cc1cccc(F)c1. The molecule has 138 valence electrons. The molecule has 6 nitrogen and oxygen atoms in total. The van der Waals surface area contributed by atoms with Crippen LogP contribution in [-0.2, 0) is 6.54 Å². The Morgan fingerprint density at radius 1 is 1.23 bits per heavy atom. The summed E-state index contributed by atoms with van der Waals surface area (Å²) in [5.74, 6) is 2.62. The third kappa shape index (κ3) is 4.56. The minimum absolute atomic E-state index is 0.240. The number of benzene rings is 2. The summed E-state index contributed by atoms with van der Waals surface area (Å²) >= 11 is 0. The Labute approximate surface area is 152 Å². The van der Waals surface area contributed by atoms with Crippen molar-refractivity contribution >= 4 is 5.96 Å². The summed E-state index contributed by atoms with van der Waals surface area (Å²) in [4.78, 5) is 6.17. The Morgan fingerprint density at radius 3 is 2.88 bits per heavy atom. The van der Waals surface area contributed by atoms with Crippen LogP contribution < -0.4 is 19.5 Å². The fraction of sp³-hybridized carbons (Fsp3) is 0.316. The van der Waals surface area contributed by atoms with E-state index in [0.29, 0.717) is 31.4 Å². The number of hydrogen-bond donors (Lipinski definition) is 1. The van der Waals surface area contributed by atoms with Gasteiger partial charge in [-0.2, -0.15) is 0 Å². The van der Waals surface area contributed by atoms with Gasteiger partial charge in [-0.15, -0.1) is 0 Å². The highest BCUT2D eigenvalue weighted by atomic mass is 19.1. The van der Waals surface area contributed by atoms with Crippen molar-refractivity contribution in [2.75, 3.05) is 34.0 Å². The Kier molecular flexibility index (Phi) is 5.78. The van der Waals surface area contributed by atoms with Crippen molar-refractivity contribution in [3.63, 3.8) is 0 Å². The van der Waals surface area contributed by atoms with Gasteiger partial charge >= 0.3 is 0 Å². The maximum absolute atomic E-state index is 13.3. The summed E-state index contributed by atoms with van der Waals surface area (Å²) in [5, 5.41) is 3.23. The van der Waals surface area contributed by atoms with Gasteiger partial charge in [-0.05, 0) is 29.8 Å². The van der Waals surface area contributed by atoms with Crippen LogP contribution in [0.2, 0.25) is 0 Å². The summed E-state index contributed by atoms with van der Waals surface area (Å²) in [6.45, 7) is 1.84. The lowest BCUT2D eigenvalue weighted by Crippen LogP contribution is -2.40. The molecule has 0 radical (unpaired) electrons. The van der Waals surface area contributed by atoms with Crippen molar-refractivity contribution in [3.05, 3.63) is 53.8 Å². The molecule has 1 aliphatic heterocycles. The number of nitrogens with zero attached hydrogens (tertiary/aromatic N) is 2. The molecular formula is C19H22FN3O3. The van der Waals surface area contributed by atoms with Crippen LogP contribution in [0.15, 0.2) is 47.5 Å². The van der Waals surface area contributed by atoms with E-state index >= 15 is 0 Å². The van der Waals surface area contributed by atoms with Gasteiger partial charge in [0.05, 0.1) is 6.54 Å². The highest BCUT2D eigenvalue weighted by Crippen LogP contribution is 2.34. The van der Waals surface area contributed by atoms with Crippen molar-refractivity contribution in [1.29, 1.82) is 0 Å². The van der Waals surface area contributed by atoms with Gasteiger partial charge in [0.2, 0.25) is 6.79 Å². The third-order valence-corrected chi connectivity index (χ3v) is 3.88. The zero-order valence-electron chi connectivity index (χ0n) is 14.9. The molecule has 0 amide bonds. The van der Waals surface area contributed by atoms with Gasteiger partial charge in [-0.1, -0.05) is 12.1 Å². The molecule has 1 heterocycles. The van der Waals surface area contributed by atoms with Gasteiger partial charge in [0.25, 0.3) is 0 Å². The Balaban J connectivity index is 1.45. The maximum Gasteiger partial charge on any atom is 0.231 e. The lowest BCUT2D eigenvalue weighted by Gasteiger charge is -2.22. The van der Waals surface area contributed by atoms with Crippen LogP contribution in [0.1, 0.15) is 5.56 Å². The van der Waals surface area contributed by atoms with Gasteiger partial charge in [-0.3, -0.25) is 4.99 Å². The largest absolute Gasteiger partial charge is 0.492 e. The fourth-order valence-corrected chi connectivity index (χ4v) is 2.67. The smallest absolute Gasteiger partial charge is 0.231 e. The van der Waals surface area contributed by atoms with E-state index in [2.05, 4.69) is 10.3 Å². The first-order valence-electron chi connectivity index (χ1n) is 8.34. The second-order valence-corrected chi connectivity index (χ2v) is 5.82. The monoisotopic (exact) mass is 359 g/mol. The number of aliphatic imine (C=N–C) groups is 1. The van der Waals surface area contributed by atoms with Crippen molar-refractivity contribution in [2.45, 2.75) is 6.54 Å².